The third-order valence-electron chi connectivity index (χ3n) is 3.90. The second kappa shape index (κ2) is 10.7. The Morgan fingerprint density at radius 3 is 2.54 bits per heavy atom. The van der Waals surface area contributed by atoms with Gasteiger partial charge in [0.2, 0.25) is 5.91 Å². The number of non-ortho nitro benzene ring substituents is 1. The summed E-state index contributed by atoms with van der Waals surface area (Å²) in [5.41, 5.74) is 3.83. The predicted molar refractivity (Wildman–Crippen MR) is 115 cm³/mol. The fourth-order valence-electron chi connectivity index (χ4n) is 2.50. The van der Waals surface area contributed by atoms with Crippen LogP contribution < -0.4 is 10.3 Å². The van der Waals surface area contributed by atoms with Crippen LogP contribution >= 0.6 is 23.4 Å². The number of nitrogens with zero attached hydrogens (tertiary/aromatic N) is 3. The van der Waals surface area contributed by atoms with Crippen molar-refractivity contribution in [3.05, 3.63) is 63.2 Å². The smallest absolute Gasteiger partial charge is 0.270 e. The van der Waals surface area contributed by atoms with Gasteiger partial charge in [0.25, 0.3) is 5.69 Å². The highest BCUT2D eigenvalue weighted by Gasteiger charge is 2.13. The van der Waals surface area contributed by atoms with E-state index in [4.69, 9.17) is 11.6 Å². The van der Waals surface area contributed by atoms with Crippen LogP contribution in [0.25, 0.3) is 0 Å². The lowest BCUT2D eigenvalue weighted by Gasteiger charge is -2.22. The Bertz CT molecular complexity index is 855. The van der Waals surface area contributed by atoms with Crippen LogP contribution in [0, 0.1) is 10.1 Å². The number of anilines is 1. The lowest BCUT2D eigenvalue weighted by molar-refractivity contribution is -0.384. The van der Waals surface area contributed by atoms with Crippen molar-refractivity contribution in [1.82, 2.24) is 5.43 Å². The van der Waals surface area contributed by atoms with Crippen molar-refractivity contribution in [3.63, 3.8) is 0 Å². The summed E-state index contributed by atoms with van der Waals surface area (Å²) in [5.74, 6) is -0.0809. The van der Waals surface area contributed by atoms with Crippen LogP contribution in [-0.4, -0.2) is 35.9 Å². The SMILES string of the molecule is CCN(CC)c1ccc([N+](=O)[O-])cc1/C=N\NC(=O)CSc1ccc(Cl)cc1. The van der Waals surface area contributed by atoms with Gasteiger partial charge in [-0.25, -0.2) is 5.43 Å². The molecule has 2 aromatic rings. The van der Waals surface area contributed by atoms with E-state index in [-0.39, 0.29) is 17.3 Å². The summed E-state index contributed by atoms with van der Waals surface area (Å²) in [7, 11) is 0. The van der Waals surface area contributed by atoms with Crippen LogP contribution in [0.4, 0.5) is 11.4 Å². The van der Waals surface area contributed by atoms with Gasteiger partial charge in [-0.2, -0.15) is 5.10 Å². The van der Waals surface area contributed by atoms with Crippen LogP contribution in [0.1, 0.15) is 19.4 Å². The van der Waals surface area contributed by atoms with Gasteiger partial charge in [-0.05, 0) is 44.2 Å². The zero-order valence-corrected chi connectivity index (χ0v) is 17.2. The van der Waals surface area contributed by atoms with Gasteiger partial charge in [0.15, 0.2) is 0 Å². The van der Waals surface area contributed by atoms with E-state index < -0.39 is 4.92 Å². The minimum atomic E-state index is -0.454. The Morgan fingerprint density at radius 1 is 1.25 bits per heavy atom. The summed E-state index contributed by atoms with van der Waals surface area (Å²) in [5, 5.41) is 15.7. The third kappa shape index (κ3) is 6.24. The largest absolute Gasteiger partial charge is 0.372 e. The average molecular weight is 421 g/mol. The van der Waals surface area contributed by atoms with E-state index in [1.165, 1.54) is 30.1 Å². The van der Waals surface area contributed by atoms with Crippen LogP contribution in [0.2, 0.25) is 5.02 Å². The summed E-state index contributed by atoms with van der Waals surface area (Å²) in [4.78, 5) is 25.6. The average Bonchev–Trinajstić information content (AvgIpc) is 2.69. The van der Waals surface area contributed by atoms with Crippen molar-refractivity contribution in [2.24, 2.45) is 5.10 Å². The van der Waals surface area contributed by atoms with Gasteiger partial charge in [0.1, 0.15) is 0 Å². The fourth-order valence-corrected chi connectivity index (χ4v) is 3.31. The summed E-state index contributed by atoms with van der Waals surface area (Å²) in [6, 6.07) is 11.8. The van der Waals surface area contributed by atoms with Crippen LogP contribution in [0.15, 0.2) is 52.5 Å². The lowest BCUT2D eigenvalue weighted by atomic mass is 10.1. The molecule has 0 heterocycles. The first kappa shape index (κ1) is 21.7. The van der Waals surface area contributed by atoms with Gasteiger partial charge in [-0.1, -0.05) is 11.6 Å². The van der Waals surface area contributed by atoms with E-state index >= 15 is 0 Å². The number of hydrogen-bond acceptors (Lipinski definition) is 6. The molecule has 0 aromatic heterocycles. The number of amides is 1. The molecule has 0 fully saturated rings. The molecule has 28 heavy (non-hydrogen) atoms. The molecule has 1 amide bonds. The van der Waals surface area contributed by atoms with Crippen molar-refractivity contribution in [2.75, 3.05) is 23.7 Å². The van der Waals surface area contributed by atoms with Gasteiger partial charge >= 0.3 is 0 Å². The Kier molecular flexibility index (Phi) is 8.28. The summed E-state index contributed by atoms with van der Waals surface area (Å²) < 4.78 is 0. The Morgan fingerprint density at radius 2 is 1.93 bits per heavy atom. The maximum Gasteiger partial charge on any atom is 0.270 e. The Balaban J connectivity index is 2.04. The van der Waals surface area contributed by atoms with Gasteiger partial charge in [0, 0.05) is 46.4 Å². The molecule has 0 unspecified atom stereocenters. The number of nitro benzene ring substituents is 1. The number of carbonyl (C=O) groups excluding carboxylic acids is 1. The molecule has 0 aliphatic rings. The number of benzene rings is 2. The maximum atomic E-state index is 12.0. The molecule has 0 atom stereocenters. The van der Waals surface area contributed by atoms with E-state index in [9.17, 15) is 14.9 Å². The van der Waals surface area contributed by atoms with Crippen molar-refractivity contribution in [3.8, 4) is 0 Å². The Hall–Kier alpha value is -2.58. The number of rotatable bonds is 9. The van der Waals surface area contributed by atoms with Crippen LogP contribution in [0.3, 0.4) is 0 Å². The molecule has 9 heteroatoms. The number of nitrogens with one attached hydrogen (secondary N) is 1. The first-order chi connectivity index (χ1) is 13.4. The molecule has 0 aliphatic carbocycles. The zero-order valence-electron chi connectivity index (χ0n) is 15.6. The van der Waals surface area contributed by atoms with Gasteiger partial charge in [-0.3, -0.25) is 14.9 Å². The highest BCUT2D eigenvalue weighted by atomic mass is 35.5. The normalized spacial score (nSPS) is 10.8. The molecule has 0 bridgehead atoms. The van der Waals surface area contributed by atoms with Crippen molar-refractivity contribution >= 4 is 46.9 Å². The number of carbonyl (C=O) groups is 1. The van der Waals surface area contributed by atoms with Gasteiger partial charge < -0.3 is 4.90 Å². The van der Waals surface area contributed by atoms with Crippen molar-refractivity contribution in [2.45, 2.75) is 18.7 Å². The molecule has 0 aliphatic heterocycles. The first-order valence-corrected chi connectivity index (χ1v) is 10.0. The number of thioether (sulfide) groups is 1. The van der Waals surface area contributed by atoms with E-state index in [1.807, 2.05) is 26.0 Å². The summed E-state index contributed by atoms with van der Waals surface area (Å²) in [6.45, 7) is 5.50. The number of hydrazone groups is 1. The quantitative estimate of drug-likeness (QED) is 0.282. The molecule has 0 spiro atoms. The number of halogens is 1. The minimum Gasteiger partial charge on any atom is -0.372 e. The van der Waals surface area contributed by atoms with Gasteiger partial charge in [-0.15, -0.1) is 11.8 Å². The second-order valence-electron chi connectivity index (χ2n) is 5.71. The molecular weight excluding hydrogens is 400 g/mol. The zero-order chi connectivity index (χ0) is 20.5. The predicted octanol–water partition coefficient (Wildman–Crippen LogP) is 4.34. The van der Waals surface area contributed by atoms with E-state index in [1.54, 1.807) is 18.2 Å². The van der Waals surface area contributed by atoms with Crippen molar-refractivity contribution < 1.29 is 9.72 Å². The molecule has 2 aromatic carbocycles. The third-order valence-corrected chi connectivity index (χ3v) is 5.17. The lowest BCUT2D eigenvalue weighted by Crippen LogP contribution is -2.23. The number of nitro groups is 1. The minimum absolute atomic E-state index is 0.0259. The molecule has 7 nitrogen and oxygen atoms in total. The van der Waals surface area contributed by atoms with E-state index in [0.29, 0.717) is 10.6 Å². The van der Waals surface area contributed by atoms with Gasteiger partial charge in [0.05, 0.1) is 16.9 Å². The molecular formula is C19H21ClN4O3S. The van der Waals surface area contributed by atoms with Crippen molar-refractivity contribution in [1.29, 1.82) is 0 Å². The highest BCUT2D eigenvalue weighted by molar-refractivity contribution is 8.00. The summed E-state index contributed by atoms with van der Waals surface area (Å²) >= 11 is 7.20. The Labute approximate surface area is 172 Å². The highest BCUT2D eigenvalue weighted by Crippen LogP contribution is 2.24. The molecule has 0 radical (unpaired) electrons. The topological polar surface area (TPSA) is 87.8 Å². The molecule has 0 saturated carbocycles. The summed E-state index contributed by atoms with van der Waals surface area (Å²) in [6.07, 6.45) is 1.44. The molecule has 0 saturated heterocycles. The second-order valence-corrected chi connectivity index (χ2v) is 7.19. The molecule has 1 N–H and O–H groups in total. The maximum absolute atomic E-state index is 12.0. The molecule has 148 valence electrons. The standard InChI is InChI=1S/C19H21ClN4O3S/c1-3-23(4-2)18-10-7-16(24(26)27)11-14(18)12-21-22-19(25)13-28-17-8-5-15(20)6-9-17/h5-12H,3-4,13H2,1-2H3,(H,22,25)/b21-12-. The first-order valence-electron chi connectivity index (χ1n) is 8.68. The van der Waals surface area contributed by atoms with Crippen LogP contribution in [0.5, 0.6) is 0 Å². The monoisotopic (exact) mass is 420 g/mol. The fraction of sp³-hybridized carbons (Fsp3) is 0.263. The van der Waals surface area contributed by atoms with E-state index in [0.717, 1.165) is 23.7 Å². The van der Waals surface area contributed by atoms with Crippen LogP contribution in [-0.2, 0) is 4.79 Å². The molecule has 2 rings (SSSR count). The van der Waals surface area contributed by atoms with E-state index in [2.05, 4.69) is 15.4 Å². The number of hydrogen-bond donors (Lipinski definition) is 1.